The fourth-order valence-corrected chi connectivity index (χ4v) is 4.22. The zero-order chi connectivity index (χ0) is 15.6. The summed E-state index contributed by atoms with van der Waals surface area (Å²) in [6.07, 6.45) is 0.477. The summed E-state index contributed by atoms with van der Waals surface area (Å²) < 4.78 is 28.4. The van der Waals surface area contributed by atoms with E-state index in [2.05, 4.69) is 0 Å². The lowest BCUT2D eigenvalue weighted by Crippen LogP contribution is -2.37. The van der Waals surface area contributed by atoms with Gasteiger partial charge in [0.05, 0.1) is 18.1 Å². The van der Waals surface area contributed by atoms with Gasteiger partial charge in [0.25, 0.3) is 5.91 Å². The van der Waals surface area contributed by atoms with Crippen LogP contribution >= 0.6 is 0 Å². The van der Waals surface area contributed by atoms with Gasteiger partial charge in [-0.05, 0) is 25.5 Å². The number of hydrogen-bond acceptors (Lipinski definition) is 5. The van der Waals surface area contributed by atoms with Gasteiger partial charge in [-0.1, -0.05) is 0 Å². The van der Waals surface area contributed by atoms with Crippen molar-refractivity contribution in [2.24, 2.45) is 0 Å². The molecule has 0 spiro atoms. The third kappa shape index (κ3) is 3.66. The van der Waals surface area contributed by atoms with Crippen LogP contribution in [0.4, 0.5) is 5.69 Å². The standard InChI is InChI=1S/C14H20N2O4S/c1-3-20-13-7-10(6-11(15)8-13)14(17)16(2)12-4-5-21(18,19)9-12/h6-8,12H,3-5,9,15H2,1-2H3. The summed E-state index contributed by atoms with van der Waals surface area (Å²) in [5.74, 6) is 0.449. The highest BCUT2D eigenvalue weighted by Crippen LogP contribution is 2.23. The molecule has 0 aromatic heterocycles. The lowest BCUT2D eigenvalue weighted by molar-refractivity contribution is 0.0747. The van der Waals surface area contributed by atoms with Crippen LogP contribution in [-0.2, 0) is 9.84 Å². The number of nitrogen functional groups attached to an aromatic ring is 1. The summed E-state index contributed by atoms with van der Waals surface area (Å²) in [7, 11) is -1.40. The van der Waals surface area contributed by atoms with E-state index in [1.54, 1.807) is 25.2 Å². The topological polar surface area (TPSA) is 89.7 Å². The second-order valence-electron chi connectivity index (χ2n) is 5.20. The molecule has 0 saturated carbocycles. The minimum Gasteiger partial charge on any atom is -0.494 e. The average molecular weight is 312 g/mol. The highest BCUT2D eigenvalue weighted by Gasteiger charge is 2.33. The van der Waals surface area contributed by atoms with Crippen molar-refractivity contribution in [1.82, 2.24) is 4.90 Å². The molecule has 1 aromatic carbocycles. The molecule has 1 heterocycles. The van der Waals surface area contributed by atoms with E-state index in [0.29, 0.717) is 30.0 Å². The number of nitrogens with zero attached hydrogens (tertiary/aromatic N) is 1. The van der Waals surface area contributed by atoms with Crippen LogP contribution in [0.5, 0.6) is 5.75 Å². The van der Waals surface area contributed by atoms with E-state index in [1.807, 2.05) is 6.92 Å². The van der Waals surface area contributed by atoms with Crippen molar-refractivity contribution < 1.29 is 17.9 Å². The van der Waals surface area contributed by atoms with E-state index in [0.717, 1.165) is 0 Å². The molecule has 1 amide bonds. The van der Waals surface area contributed by atoms with Gasteiger partial charge < -0.3 is 15.4 Å². The molecule has 1 fully saturated rings. The number of amides is 1. The fourth-order valence-electron chi connectivity index (χ4n) is 2.45. The maximum atomic E-state index is 12.5. The van der Waals surface area contributed by atoms with Crippen LogP contribution in [0.2, 0.25) is 0 Å². The number of rotatable bonds is 4. The number of carbonyl (C=O) groups excluding carboxylic acids is 1. The summed E-state index contributed by atoms with van der Waals surface area (Å²) in [6, 6.07) is 4.58. The Labute approximate surface area is 124 Å². The normalized spacial score (nSPS) is 20.2. The first-order chi connectivity index (χ1) is 9.82. The second kappa shape index (κ2) is 5.93. The first kappa shape index (κ1) is 15.6. The molecule has 0 radical (unpaired) electrons. The maximum absolute atomic E-state index is 12.5. The van der Waals surface area contributed by atoms with Crippen molar-refractivity contribution in [1.29, 1.82) is 0 Å². The minimum absolute atomic E-state index is 0.0237. The molecule has 1 aliphatic heterocycles. The second-order valence-corrected chi connectivity index (χ2v) is 7.43. The predicted octanol–water partition coefficient (Wildman–Crippen LogP) is 0.927. The lowest BCUT2D eigenvalue weighted by Gasteiger charge is -2.23. The molecular formula is C14H20N2O4S. The molecule has 1 aliphatic rings. The van der Waals surface area contributed by atoms with Crippen LogP contribution < -0.4 is 10.5 Å². The van der Waals surface area contributed by atoms with E-state index in [1.165, 1.54) is 4.90 Å². The van der Waals surface area contributed by atoms with E-state index in [9.17, 15) is 13.2 Å². The first-order valence-electron chi connectivity index (χ1n) is 6.83. The zero-order valence-electron chi connectivity index (χ0n) is 12.2. The highest BCUT2D eigenvalue weighted by molar-refractivity contribution is 7.91. The number of hydrogen-bond donors (Lipinski definition) is 1. The summed E-state index contributed by atoms with van der Waals surface area (Å²) in [6.45, 7) is 2.33. The number of nitrogens with two attached hydrogens (primary N) is 1. The van der Waals surface area contributed by atoms with Crippen molar-refractivity contribution in [2.75, 3.05) is 30.9 Å². The Hall–Kier alpha value is -1.76. The number of sulfone groups is 1. The van der Waals surface area contributed by atoms with Crippen molar-refractivity contribution in [3.05, 3.63) is 23.8 Å². The van der Waals surface area contributed by atoms with Gasteiger partial charge in [0, 0.05) is 30.4 Å². The predicted molar refractivity (Wildman–Crippen MR) is 81.2 cm³/mol. The molecule has 0 aliphatic carbocycles. The summed E-state index contributed by atoms with van der Waals surface area (Å²) in [5, 5.41) is 0. The van der Waals surface area contributed by atoms with Crippen molar-refractivity contribution in [3.63, 3.8) is 0 Å². The van der Waals surface area contributed by atoms with E-state index < -0.39 is 9.84 Å². The monoisotopic (exact) mass is 312 g/mol. The molecule has 2 rings (SSSR count). The minimum atomic E-state index is -3.02. The SMILES string of the molecule is CCOc1cc(N)cc(C(=O)N(C)C2CCS(=O)(=O)C2)c1. The van der Waals surface area contributed by atoms with Gasteiger partial charge >= 0.3 is 0 Å². The Bertz CT molecular complexity index is 642. The van der Waals surface area contributed by atoms with Gasteiger partial charge in [-0.2, -0.15) is 0 Å². The Morgan fingerprint density at radius 1 is 1.43 bits per heavy atom. The molecular weight excluding hydrogens is 292 g/mol. The van der Waals surface area contributed by atoms with Crippen LogP contribution in [0, 0.1) is 0 Å². The first-order valence-corrected chi connectivity index (χ1v) is 8.65. The van der Waals surface area contributed by atoms with E-state index in [-0.39, 0.29) is 23.5 Å². The molecule has 2 N–H and O–H groups in total. The molecule has 1 aromatic rings. The van der Waals surface area contributed by atoms with Gasteiger partial charge in [0.2, 0.25) is 0 Å². The van der Waals surface area contributed by atoms with Gasteiger partial charge in [-0.15, -0.1) is 0 Å². The molecule has 6 nitrogen and oxygen atoms in total. The van der Waals surface area contributed by atoms with Crippen molar-refractivity contribution in [2.45, 2.75) is 19.4 Å². The number of benzene rings is 1. The molecule has 116 valence electrons. The van der Waals surface area contributed by atoms with Crippen LogP contribution in [0.1, 0.15) is 23.7 Å². The van der Waals surface area contributed by atoms with Crippen LogP contribution in [0.3, 0.4) is 0 Å². The average Bonchev–Trinajstić information content (AvgIpc) is 2.77. The summed E-state index contributed by atoms with van der Waals surface area (Å²) in [5.41, 5.74) is 6.63. The highest BCUT2D eigenvalue weighted by atomic mass is 32.2. The Kier molecular flexibility index (Phi) is 4.41. The molecule has 1 atom stereocenters. The molecule has 7 heteroatoms. The van der Waals surface area contributed by atoms with Gasteiger partial charge in [-0.3, -0.25) is 4.79 Å². The van der Waals surface area contributed by atoms with E-state index in [4.69, 9.17) is 10.5 Å². The van der Waals surface area contributed by atoms with E-state index >= 15 is 0 Å². The van der Waals surface area contributed by atoms with Gasteiger partial charge in [0.1, 0.15) is 5.75 Å². The zero-order valence-corrected chi connectivity index (χ0v) is 13.0. The lowest BCUT2D eigenvalue weighted by atomic mass is 10.1. The largest absolute Gasteiger partial charge is 0.494 e. The molecule has 0 bridgehead atoms. The van der Waals surface area contributed by atoms with Crippen LogP contribution in [-0.4, -0.2) is 50.4 Å². The van der Waals surface area contributed by atoms with Gasteiger partial charge in [0.15, 0.2) is 9.84 Å². The Morgan fingerprint density at radius 3 is 2.71 bits per heavy atom. The van der Waals surface area contributed by atoms with Crippen molar-refractivity contribution >= 4 is 21.4 Å². The maximum Gasteiger partial charge on any atom is 0.254 e. The molecule has 1 unspecified atom stereocenters. The fraction of sp³-hybridized carbons (Fsp3) is 0.500. The number of carbonyl (C=O) groups is 1. The van der Waals surface area contributed by atoms with Crippen molar-refractivity contribution in [3.8, 4) is 5.75 Å². The number of ether oxygens (including phenoxy) is 1. The van der Waals surface area contributed by atoms with Crippen LogP contribution in [0.25, 0.3) is 0 Å². The third-order valence-corrected chi connectivity index (χ3v) is 5.31. The smallest absolute Gasteiger partial charge is 0.254 e. The number of anilines is 1. The summed E-state index contributed by atoms with van der Waals surface area (Å²) >= 11 is 0. The van der Waals surface area contributed by atoms with Crippen LogP contribution in [0.15, 0.2) is 18.2 Å². The summed E-state index contributed by atoms with van der Waals surface area (Å²) in [4.78, 5) is 14.0. The third-order valence-electron chi connectivity index (χ3n) is 3.56. The molecule has 21 heavy (non-hydrogen) atoms. The quantitative estimate of drug-likeness (QED) is 0.835. The Balaban J connectivity index is 2.19. The van der Waals surface area contributed by atoms with Gasteiger partial charge in [-0.25, -0.2) is 8.42 Å². The Morgan fingerprint density at radius 2 is 2.14 bits per heavy atom. The molecule has 1 saturated heterocycles.